The molecule has 1 fully saturated rings. The van der Waals surface area contributed by atoms with Crippen LogP contribution in [0.25, 0.3) is 21.7 Å². The van der Waals surface area contributed by atoms with Crippen LogP contribution in [-0.4, -0.2) is 86.5 Å². The highest BCUT2D eigenvalue weighted by molar-refractivity contribution is 6.37. The zero-order valence-electron chi connectivity index (χ0n) is 21.0. The number of nitrogens with one attached hydrogen (secondary N) is 1. The van der Waals surface area contributed by atoms with Crippen molar-refractivity contribution in [1.29, 1.82) is 0 Å². The first kappa shape index (κ1) is 27.4. The van der Waals surface area contributed by atoms with Gasteiger partial charge in [-0.2, -0.15) is 0 Å². The third-order valence-electron chi connectivity index (χ3n) is 7.32. The number of aromatic nitrogens is 1. The Morgan fingerprint density at radius 3 is 2.54 bits per heavy atom. The molecular formula is C28H29ClN2O8. The van der Waals surface area contributed by atoms with E-state index in [4.69, 9.17) is 21.1 Å². The van der Waals surface area contributed by atoms with Crippen molar-refractivity contribution in [3.05, 3.63) is 76.9 Å². The summed E-state index contributed by atoms with van der Waals surface area (Å²) in [6, 6.07) is 17.3. The summed E-state index contributed by atoms with van der Waals surface area (Å²) in [7, 11) is 1.50. The Bertz CT molecular complexity index is 1520. The van der Waals surface area contributed by atoms with Crippen molar-refractivity contribution in [3.63, 3.8) is 0 Å². The van der Waals surface area contributed by atoms with Crippen LogP contribution in [0.2, 0.25) is 5.02 Å². The summed E-state index contributed by atoms with van der Waals surface area (Å²) in [4.78, 5) is 13.7. The quantitative estimate of drug-likeness (QED) is 0.200. The van der Waals surface area contributed by atoms with Gasteiger partial charge in [0.25, 0.3) is 5.91 Å². The van der Waals surface area contributed by atoms with E-state index in [1.54, 1.807) is 18.3 Å². The molecule has 1 saturated heterocycles. The lowest BCUT2D eigenvalue weighted by molar-refractivity contribution is -0.288. The minimum absolute atomic E-state index is 0.101. The zero-order chi connectivity index (χ0) is 27.9. The summed E-state index contributed by atoms with van der Waals surface area (Å²) >= 11 is 6.60. The van der Waals surface area contributed by atoms with Crippen molar-refractivity contribution >= 4 is 39.2 Å². The normalized spacial score (nSPS) is 25.2. The molecule has 206 valence electrons. The van der Waals surface area contributed by atoms with E-state index in [1.165, 1.54) is 7.11 Å². The summed E-state index contributed by atoms with van der Waals surface area (Å²) in [5.74, 6) is -0.302. The molecule has 5 atom stereocenters. The second kappa shape index (κ2) is 10.7. The number of halogens is 1. The number of rotatable bonds is 7. The average molecular weight is 557 g/mol. The molecule has 4 aromatic rings. The number of carbonyl (C=O) groups is 1. The van der Waals surface area contributed by atoms with E-state index in [0.29, 0.717) is 23.2 Å². The molecule has 1 amide bonds. The lowest BCUT2D eigenvalue weighted by Crippen LogP contribution is -2.74. The molecule has 6 N–H and O–H groups in total. The van der Waals surface area contributed by atoms with Crippen LogP contribution in [0.15, 0.2) is 60.8 Å². The van der Waals surface area contributed by atoms with Crippen molar-refractivity contribution in [2.75, 3.05) is 20.3 Å². The number of nitrogens with zero attached hydrogens (tertiary/aromatic N) is 1. The van der Waals surface area contributed by atoms with Crippen molar-refractivity contribution in [2.45, 2.75) is 36.7 Å². The highest BCUT2D eigenvalue weighted by Gasteiger charge is 2.56. The molecule has 0 bridgehead atoms. The number of hydrogen-bond acceptors (Lipinski definition) is 8. The van der Waals surface area contributed by atoms with E-state index in [-0.39, 0.29) is 10.6 Å². The number of aliphatic hydroxyl groups is 5. The molecule has 1 aromatic heterocycles. The number of ether oxygens (including phenoxy) is 2. The van der Waals surface area contributed by atoms with Gasteiger partial charge in [-0.1, -0.05) is 48.0 Å². The van der Waals surface area contributed by atoms with Crippen LogP contribution < -0.4 is 10.1 Å². The largest absolute Gasteiger partial charge is 0.497 e. The summed E-state index contributed by atoms with van der Waals surface area (Å²) in [5.41, 5.74) is -0.511. The van der Waals surface area contributed by atoms with Gasteiger partial charge >= 0.3 is 0 Å². The third kappa shape index (κ3) is 4.74. The Morgan fingerprint density at radius 1 is 1.10 bits per heavy atom. The van der Waals surface area contributed by atoms with Crippen molar-refractivity contribution in [1.82, 2.24) is 9.88 Å². The highest BCUT2D eigenvalue weighted by atomic mass is 35.5. The first-order chi connectivity index (χ1) is 18.7. The van der Waals surface area contributed by atoms with E-state index in [0.717, 1.165) is 16.3 Å². The fraction of sp³-hybridized carbons (Fsp3) is 0.321. The zero-order valence-corrected chi connectivity index (χ0v) is 21.7. The van der Waals surface area contributed by atoms with Gasteiger partial charge in [-0.05, 0) is 28.5 Å². The van der Waals surface area contributed by atoms with E-state index in [9.17, 15) is 30.3 Å². The van der Waals surface area contributed by atoms with Gasteiger partial charge in [-0.25, -0.2) is 0 Å². The average Bonchev–Trinajstić information content (AvgIpc) is 3.31. The number of benzene rings is 3. The second-order valence-corrected chi connectivity index (χ2v) is 10.1. The fourth-order valence-corrected chi connectivity index (χ4v) is 5.41. The molecule has 0 radical (unpaired) electrons. The maximum Gasteiger partial charge on any atom is 0.254 e. The van der Waals surface area contributed by atoms with Gasteiger partial charge in [-0.15, -0.1) is 0 Å². The van der Waals surface area contributed by atoms with Gasteiger partial charge in [0.1, 0.15) is 29.6 Å². The van der Waals surface area contributed by atoms with Crippen LogP contribution >= 0.6 is 11.6 Å². The van der Waals surface area contributed by atoms with Crippen molar-refractivity contribution in [2.24, 2.45) is 0 Å². The molecule has 1 aliphatic heterocycles. The summed E-state index contributed by atoms with van der Waals surface area (Å²) in [5, 5.41) is 56.5. The topological polar surface area (TPSA) is 154 Å². The molecule has 39 heavy (non-hydrogen) atoms. The standard InChI is InChI=1S/C28H29ClN2O8/c1-38-18-9-20(29)23-19(26(36)30-28(14-33)25(35)24(34)22(13-32)39-27(28)37)12-31(21(23)10-18)11-15-6-7-16-4-2-3-5-17(16)8-15/h2-10,12,22,24-25,27,32-35,37H,11,13-14H2,1H3,(H,30,36)/t22-,24-,25+,27?,28-/m1/s1. The predicted molar refractivity (Wildman–Crippen MR) is 144 cm³/mol. The smallest absolute Gasteiger partial charge is 0.254 e. The maximum atomic E-state index is 13.7. The number of hydrogen-bond donors (Lipinski definition) is 6. The lowest BCUT2D eigenvalue weighted by atomic mass is 9.83. The molecule has 2 heterocycles. The van der Waals surface area contributed by atoms with Gasteiger partial charge in [0, 0.05) is 24.2 Å². The van der Waals surface area contributed by atoms with Crippen LogP contribution in [-0.2, 0) is 11.3 Å². The van der Waals surface area contributed by atoms with Crippen molar-refractivity contribution < 1.29 is 39.8 Å². The minimum atomic E-state index is -2.17. The Hall–Kier alpha value is -3.22. The Morgan fingerprint density at radius 2 is 1.85 bits per heavy atom. The molecule has 10 nitrogen and oxygen atoms in total. The van der Waals surface area contributed by atoms with Gasteiger partial charge in [0.15, 0.2) is 6.29 Å². The summed E-state index contributed by atoms with van der Waals surface area (Å²) in [6.07, 6.45) is -5.19. The summed E-state index contributed by atoms with van der Waals surface area (Å²) < 4.78 is 12.4. The monoisotopic (exact) mass is 556 g/mol. The van der Waals surface area contributed by atoms with Crippen LogP contribution in [0.1, 0.15) is 15.9 Å². The molecule has 5 rings (SSSR count). The second-order valence-electron chi connectivity index (χ2n) is 9.65. The lowest BCUT2D eigenvalue weighted by Gasteiger charge is -2.48. The number of methoxy groups -OCH3 is 1. The van der Waals surface area contributed by atoms with Gasteiger partial charge < -0.3 is 44.9 Å². The molecule has 0 saturated carbocycles. The Kier molecular flexibility index (Phi) is 7.53. The van der Waals surface area contributed by atoms with Gasteiger partial charge in [0.05, 0.1) is 36.4 Å². The fourth-order valence-electron chi connectivity index (χ4n) is 5.10. The third-order valence-corrected chi connectivity index (χ3v) is 7.62. The molecule has 1 unspecified atom stereocenters. The van der Waals surface area contributed by atoms with E-state index < -0.39 is 49.3 Å². The minimum Gasteiger partial charge on any atom is -0.497 e. The first-order valence-corrected chi connectivity index (χ1v) is 12.7. The number of aliphatic hydroxyl groups excluding tert-OH is 5. The van der Waals surface area contributed by atoms with Gasteiger partial charge in [-0.3, -0.25) is 4.79 Å². The van der Waals surface area contributed by atoms with E-state index in [1.807, 2.05) is 41.0 Å². The highest BCUT2D eigenvalue weighted by Crippen LogP contribution is 2.35. The summed E-state index contributed by atoms with van der Waals surface area (Å²) in [6.45, 7) is -1.27. The number of fused-ring (bicyclic) bond motifs is 2. The molecule has 11 heteroatoms. The van der Waals surface area contributed by atoms with Crippen LogP contribution in [0.4, 0.5) is 0 Å². The Labute approximate surface area is 228 Å². The molecule has 3 aromatic carbocycles. The van der Waals surface area contributed by atoms with Crippen LogP contribution in [0.5, 0.6) is 5.75 Å². The number of amides is 1. The van der Waals surface area contributed by atoms with Gasteiger partial charge in [0.2, 0.25) is 0 Å². The van der Waals surface area contributed by atoms with E-state index >= 15 is 0 Å². The molecule has 0 spiro atoms. The number of carbonyl (C=O) groups excluding carboxylic acids is 1. The SMILES string of the molecule is COc1cc(Cl)c2c(C(=O)N[C@@]3(CO)C(O)O[C@H](CO)[C@@H](O)[C@@H]3O)cn(Cc3ccc4ccccc4c3)c2c1. The molecule has 0 aliphatic carbocycles. The Balaban J connectivity index is 1.56. The predicted octanol–water partition coefficient (Wildman–Crippen LogP) is 1.40. The van der Waals surface area contributed by atoms with Crippen LogP contribution in [0, 0.1) is 0 Å². The maximum absolute atomic E-state index is 13.7. The molecule has 1 aliphatic rings. The first-order valence-electron chi connectivity index (χ1n) is 12.3. The van der Waals surface area contributed by atoms with Crippen molar-refractivity contribution in [3.8, 4) is 5.75 Å². The van der Waals surface area contributed by atoms with Crippen LogP contribution in [0.3, 0.4) is 0 Å². The molecular weight excluding hydrogens is 528 g/mol. The van der Waals surface area contributed by atoms with E-state index in [2.05, 4.69) is 11.4 Å².